The van der Waals surface area contributed by atoms with E-state index >= 15 is 0 Å². The average Bonchev–Trinajstić information content (AvgIpc) is 3.43. The fraction of sp³-hybridized carbons (Fsp3) is 0.576. The second kappa shape index (κ2) is 14.8. The van der Waals surface area contributed by atoms with Crippen molar-refractivity contribution in [2.24, 2.45) is 17.3 Å². The Balaban J connectivity index is 1.19. The van der Waals surface area contributed by atoms with Crippen LogP contribution < -0.4 is 16.0 Å². The minimum absolute atomic E-state index is 0.0426. The van der Waals surface area contributed by atoms with Crippen molar-refractivity contribution in [1.82, 2.24) is 20.5 Å². The topological polar surface area (TPSA) is 113 Å². The van der Waals surface area contributed by atoms with Gasteiger partial charge in [-0.15, -0.1) is 11.3 Å². The molecule has 1 aromatic heterocycles. The van der Waals surface area contributed by atoms with Gasteiger partial charge in [0.05, 0.1) is 18.6 Å². The maximum atomic E-state index is 13.9. The van der Waals surface area contributed by atoms with Gasteiger partial charge >= 0.3 is 0 Å². The van der Waals surface area contributed by atoms with Crippen LogP contribution in [0.2, 0.25) is 0 Å². The van der Waals surface area contributed by atoms with Crippen molar-refractivity contribution in [2.45, 2.75) is 70.9 Å². The van der Waals surface area contributed by atoms with Gasteiger partial charge in [0.25, 0.3) is 0 Å². The third kappa shape index (κ3) is 8.51. The molecule has 238 valence electrons. The molecule has 3 aliphatic heterocycles. The van der Waals surface area contributed by atoms with Gasteiger partial charge < -0.3 is 20.7 Å². The Bertz CT molecular complexity index is 1320. The number of anilines is 1. The predicted octanol–water partition coefficient (Wildman–Crippen LogP) is 4.30. The van der Waals surface area contributed by atoms with Crippen LogP contribution in [0, 0.1) is 23.1 Å². The Kier molecular flexibility index (Phi) is 10.8. The number of nitrogens with one attached hydrogen (secondary N) is 3. The Morgan fingerprint density at radius 2 is 1.95 bits per heavy atom. The van der Waals surface area contributed by atoms with Crippen molar-refractivity contribution in [3.63, 3.8) is 0 Å². The summed E-state index contributed by atoms with van der Waals surface area (Å²) in [6.45, 7) is 6.78. The zero-order valence-electron chi connectivity index (χ0n) is 25.6. The number of rotatable bonds is 7. The monoisotopic (exact) mass is 625 g/mol. The molecule has 4 heterocycles. The molecule has 11 heteroatoms. The lowest BCUT2D eigenvalue weighted by molar-refractivity contribution is -0.138. The molecule has 0 saturated carbocycles. The predicted molar refractivity (Wildman–Crippen MR) is 169 cm³/mol. The SMILES string of the molecule is CC(C)C[C@H]1NC(=O)C2(C/C=C\C[C@@H]3COCC[C@@H]3NC1=O)CCN(CC(=O)Nc1ncc(Cc3ccc(F)cc3)s1)CC2. The number of likely N-dealkylation sites (tertiary alicyclic amines) is 1. The molecule has 3 amide bonds. The number of hydrogen-bond donors (Lipinski definition) is 3. The number of amides is 3. The molecule has 2 aromatic rings. The highest BCUT2D eigenvalue weighted by atomic mass is 32.1. The van der Waals surface area contributed by atoms with Crippen molar-refractivity contribution in [2.75, 3.05) is 38.2 Å². The standard InChI is InChI=1S/C33H44FN5O4S/c1-22(2)17-28-30(41)36-27-10-16-43-21-24(27)5-3-4-11-33(31(42)37-28)12-14-39(15-13-33)20-29(40)38-32-35-19-26(44-32)18-23-6-8-25(34)9-7-23/h3-4,6-9,19,22,24,27-28H,5,10-18,20-21H2,1-2H3,(H,36,41)(H,37,42)(H,35,38,40)/b4-3-/t24-,27+,28-/m1/s1. The summed E-state index contributed by atoms with van der Waals surface area (Å²) in [7, 11) is 0. The maximum Gasteiger partial charge on any atom is 0.242 e. The van der Waals surface area contributed by atoms with Crippen LogP contribution in [0.4, 0.5) is 9.52 Å². The van der Waals surface area contributed by atoms with Gasteiger partial charge in [-0.2, -0.15) is 0 Å². The van der Waals surface area contributed by atoms with Crippen LogP contribution >= 0.6 is 11.3 Å². The Morgan fingerprint density at radius 1 is 1.18 bits per heavy atom. The Hall–Kier alpha value is -3.15. The molecule has 44 heavy (non-hydrogen) atoms. The van der Waals surface area contributed by atoms with Gasteiger partial charge in [-0.05, 0) is 75.2 Å². The number of fused-ring (bicyclic) bond motifs is 1. The van der Waals surface area contributed by atoms with E-state index in [0.717, 1.165) is 23.3 Å². The molecule has 2 saturated heterocycles. The number of allylic oxidation sites excluding steroid dienone is 2. The molecule has 3 aliphatic rings. The summed E-state index contributed by atoms with van der Waals surface area (Å²) in [5, 5.41) is 9.81. The van der Waals surface area contributed by atoms with Gasteiger partial charge in [0.15, 0.2) is 5.13 Å². The van der Waals surface area contributed by atoms with E-state index in [2.05, 4.69) is 51.8 Å². The van der Waals surface area contributed by atoms with Crippen LogP contribution in [0.3, 0.4) is 0 Å². The molecule has 0 bridgehead atoms. The molecule has 3 atom stereocenters. The van der Waals surface area contributed by atoms with Crippen LogP contribution in [-0.4, -0.2) is 72.5 Å². The number of piperidine rings is 1. The summed E-state index contributed by atoms with van der Waals surface area (Å²) in [5.41, 5.74) is 0.342. The minimum Gasteiger partial charge on any atom is -0.381 e. The quantitative estimate of drug-likeness (QED) is 0.396. The van der Waals surface area contributed by atoms with E-state index < -0.39 is 11.5 Å². The van der Waals surface area contributed by atoms with E-state index in [1.807, 2.05) is 0 Å². The molecular formula is C33H44FN5O4S. The molecule has 9 nitrogen and oxygen atoms in total. The van der Waals surface area contributed by atoms with Crippen LogP contribution in [0.1, 0.15) is 62.8 Å². The molecule has 3 N–H and O–H groups in total. The van der Waals surface area contributed by atoms with E-state index in [1.54, 1.807) is 18.3 Å². The molecule has 5 rings (SSSR count). The van der Waals surface area contributed by atoms with Crippen molar-refractivity contribution in [3.05, 3.63) is 58.9 Å². The van der Waals surface area contributed by atoms with Gasteiger partial charge in [0, 0.05) is 36.1 Å². The highest BCUT2D eigenvalue weighted by Crippen LogP contribution is 2.37. The smallest absolute Gasteiger partial charge is 0.242 e. The fourth-order valence-corrected chi connectivity index (χ4v) is 7.23. The van der Waals surface area contributed by atoms with Gasteiger partial charge in [-0.3, -0.25) is 19.3 Å². The van der Waals surface area contributed by atoms with Crippen molar-refractivity contribution >= 4 is 34.2 Å². The van der Waals surface area contributed by atoms with Crippen LogP contribution in [0.5, 0.6) is 0 Å². The molecule has 0 radical (unpaired) electrons. The largest absolute Gasteiger partial charge is 0.381 e. The van der Waals surface area contributed by atoms with E-state index in [9.17, 15) is 18.8 Å². The highest BCUT2D eigenvalue weighted by molar-refractivity contribution is 7.15. The summed E-state index contributed by atoms with van der Waals surface area (Å²) in [4.78, 5) is 47.6. The number of benzene rings is 1. The van der Waals surface area contributed by atoms with E-state index in [0.29, 0.717) is 63.5 Å². The van der Waals surface area contributed by atoms with Crippen molar-refractivity contribution in [3.8, 4) is 0 Å². The number of halogens is 1. The van der Waals surface area contributed by atoms with Gasteiger partial charge in [0.2, 0.25) is 17.7 Å². The Labute approximate surface area is 263 Å². The lowest BCUT2D eigenvalue weighted by atomic mass is 9.74. The number of carbonyl (C=O) groups is 3. The lowest BCUT2D eigenvalue weighted by Gasteiger charge is -2.41. The minimum atomic E-state index is -0.634. The first-order valence-corrected chi connectivity index (χ1v) is 16.6. The highest BCUT2D eigenvalue weighted by Gasteiger charge is 2.42. The van der Waals surface area contributed by atoms with Crippen molar-refractivity contribution < 1.29 is 23.5 Å². The number of ether oxygens (including phenoxy) is 1. The zero-order chi connectivity index (χ0) is 31.1. The summed E-state index contributed by atoms with van der Waals surface area (Å²) in [6, 6.07) is 5.82. The van der Waals surface area contributed by atoms with E-state index in [-0.39, 0.29) is 48.0 Å². The average molecular weight is 626 g/mol. The number of hydrogen-bond acceptors (Lipinski definition) is 7. The van der Waals surface area contributed by atoms with Crippen LogP contribution in [0.25, 0.3) is 0 Å². The third-order valence-electron chi connectivity index (χ3n) is 9.00. The first-order chi connectivity index (χ1) is 21.2. The number of nitrogens with zero attached hydrogens (tertiary/aromatic N) is 2. The van der Waals surface area contributed by atoms with Crippen LogP contribution in [0.15, 0.2) is 42.6 Å². The molecular weight excluding hydrogens is 581 g/mol. The second-order valence-corrected chi connectivity index (χ2v) is 14.0. The Morgan fingerprint density at radius 3 is 2.70 bits per heavy atom. The summed E-state index contributed by atoms with van der Waals surface area (Å²) < 4.78 is 18.9. The third-order valence-corrected chi connectivity index (χ3v) is 9.91. The van der Waals surface area contributed by atoms with E-state index in [4.69, 9.17) is 4.74 Å². The zero-order valence-corrected chi connectivity index (χ0v) is 26.5. The maximum absolute atomic E-state index is 13.9. The van der Waals surface area contributed by atoms with Gasteiger partial charge in [-0.25, -0.2) is 9.37 Å². The second-order valence-electron chi connectivity index (χ2n) is 12.8. The summed E-state index contributed by atoms with van der Waals surface area (Å²) >= 11 is 1.41. The van der Waals surface area contributed by atoms with Crippen LogP contribution in [-0.2, 0) is 25.5 Å². The molecule has 1 spiro atoms. The number of aromatic nitrogens is 1. The lowest BCUT2D eigenvalue weighted by Crippen LogP contribution is -2.57. The number of thiazole rings is 1. The fourth-order valence-electron chi connectivity index (χ4n) is 6.37. The van der Waals surface area contributed by atoms with Gasteiger partial charge in [0.1, 0.15) is 11.9 Å². The molecule has 0 unspecified atom stereocenters. The number of carbonyl (C=O) groups excluding carboxylic acids is 3. The van der Waals surface area contributed by atoms with E-state index in [1.165, 1.54) is 23.5 Å². The normalized spacial score (nSPS) is 25.3. The molecule has 0 aliphatic carbocycles. The first kappa shape index (κ1) is 32.2. The first-order valence-electron chi connectivity index (χ1n) is 15.7. The van der Waals surface area contributed by atoms with Gasteiger partial charge in [-0.1, -0.05) is 38.1 Å². The summed E-state index contributed by atoms with van der Waals surface area (Å²) in [6.07, 6.45) is 10.6. The molecule has 1 aromatic carbocycles. The molecule has 2 fully saturated rings. The summed E-state index contributed by atoms with van der Waals surface area (Å²) in [5.74, 6) is -0.143. The van der Waals surface area contributed by atoms with Crippen molar-refractivity contribution in [1.29, 1.82) is 0 Å².